The number of H-pyrrole nitrogens is 1. The van der Waals surface area contributed by atoms with Crippen molar-refractivity contribution < 1.29 is 13.5 Å². The maximum absolute atomic E-state index is 12.4. The lowest BCUT2D eigenvalue weighted by atomic mass is 10.1. The fourth-order valence-electron chi connectivity index (χ4n) is 1.63. The minimum Gasteiger partial charge on any atom is -0.434 e. The topological polar surface area (TPSA) is 79.4 Å². The summed E-state index contributed by atoms with van der Waals surface area (Å²) in [6, 6.07) is 6.21. The van der Waals surface area contributed by atoms with E-state index in [1.165, 1.54) is 12.3 Å². The maximum Gasteiger partial charge on any atom is 0.387 e. The molecule has 0 fully saturated rings. The van der Waals surface area contributed by atoms with Gasteiger partial charge in [0.05, 0.1) is 11.9 Å². The number of anilines is 1. The molecule has 0 saturated carbocycles. The number of nitrogens with one attached hydrogen (secondary N) is 2. The van der Waals surface area contributed by atoms with Crippen LogP contribution in [-0.4, -0.2) is 22.5 Å². The van der Waals surface area contributed by atoms with Gasteiger partial charge in [-0.15, -0.1) is 0 Å². The quantitative estimate of drug-likeness (QED) is 0.653. The van der Waals surface area contributed by atoms with Crippen molar-refractivity contribution >= 4 is 23.0 Å². The number of hydrazone groups is 1. The first-order valence-electron chi connectivity index (χ1n) is 6.06. The zero-order valence-corrected chi connectivity index (χ0v) is 12.1. The van der Waals surface area contributed by atoms with Crippen molar-refractivity contribution in [2.45, 2.75) is 13.5 Å². The highest BCUT2D eigenvalue weighted by Gasteiger charge is 2.11. The number of halogens is 3. The summed E-state index contributed by atoms with van der Waals surface area (Å²) >= 11 is 5.78. The van der Waals surface area contributed by atoms with Crippen molar-refractivity contribution in [2.24, 2.45) is 5.10 Å². The number of aromatic nitrogens is 2. The van der Waals surface area contributed by atoms with E-state index in [9.17, 15) is 13.6 Å². The fraction of sp³-hybridized carbons (Fsp3) is 0.154. The van der Waals surface area contributed by atoms with E-state index in [0.29, 0.717) is 11.3 Å². The third kappa shape index (κ3) is 3.79. The summed E-state index contributed by atoms with van der Waals surface area (Å²) in [5.74, 6) is -0.00400. The average molecular weight is 329 g/mol. The van der Waals surface area contributed by atoms with Gasteiger partial charge >= 0.3 is 6.61 Å². The van der Waals surface area contributed by atoms with Crippen molar-refractivity contribution in [1.29, 1.82) is 0 Å². The summed E-state index contributed by atoms with van der Waals surface area (Å²) in [6.07, 6.45) is 1.28. The summed E-state index contributed by atoms with van der Waals surface area (Å²) in [7, 11) is 0. The predicted octanol–water partition coefficient (Wildman–Crippen LogP) is 2.86. The number of hydrogen-bond acceptors (Lipinski definition) is 5. The summed E-state index contributed by atoms with van der Waals surface area (Å²) in [4.78, 5) is 11.3. The van der Waals surface area contributed by atoms with Crippen molar-refractivity contribution in [2.75, 3.05) is 5.43 Å². The molecule has 9 heteroatoms. The van der Waals surface area contributed by atoms with Gasteiger partial charge < -0.3 is 4.74 Å². The number of alkyl halides is 2. The van der Waals surface area contributed by atoms with Crippen molar-refractivity contribution in [1.82, 2.24) is 10.2 Å². The molecule has 2 N–H and O–H groups in total. The monoisotopic (exact) mass is 328 g/mol. The van der Waals surface area contributed by atoms with Gasteiger partial charge in [-0.2, -0.15) is 19.0 Å². The standard InChI is InChI=1S/C13H11ClF2N4O2/c1-7(8-4-2-3-5-10(8)22-13(15)16)18-19-9-6-17-20-12(21)11(9)14/h2-6,13H,1H3,(H2,19,20,21)/b18-7-. The molecule has 1 aromatic heterocycles. The maximum atomic E-state index is 12.4. The highest BCUT2D eigenvalue weighted by molar-refractivity contribution is 6.32. The lowest BCUT2D eigenvalue weighted by molar-refractivity contribution is -0.0499. The van der Waals surface area contributed by atoms with Gasteiger partial charge in [0.15, 0.2) is 0 Å². The van der Waals surface area contributed by atoms with Crippen LogP contribution in [0.3, 0.4) is 0 Å². The molecule has 0 spiro atoms. The SMILES string of the molecule is C/C(=N/Nc1cn[nH]c(=O)c1Cl)c1ccccc1OC(F)F. The van der Waals surface area contributed by atoms with Crippen LogP contribution in [0.4, 0.5) is 14.5 Å². The second-order valence-electron chi connectivity index (χ2n) is 4.11. The smallest absolute Gasteiger partial charge is 0.387 e. The predicted molar refractivity (Wildman–Crippen MR) is 78.8 cm³/mol. The first-order chi connectivity index (χ1) is 10.5. The van der Waals surface area contributed by atoms with Crippen LogP contribution in [0, 0.1) is 0 Å². The van der Waals surface area contributed by atoms with Gasteiger partial charge in [0.2, 0.25) is 0 Å². The Morgan fingerprint density at radius 2 is 2.18 bits per heavy atom. The summed E-state index contributed by atoms with van der Waals surface area (Å²) < 4.78 is 29.2. The van der Waals surface area contributed by atoms with Crippen LogP contribution in [-0.2, 0) is 0 Å². The zero-order valence-electron chi connectivity index (χ0n) is 11.3. The second kappa shape index (κ2) is 6.99. The van der Waals surface area contributed by atoms with Gasteiger partial charge in [-0.05, 0) is 19.1 Å². The molecular formula is C13H11ClF2N4O2. The summed E-state index contributed by atoms with van der Waals surface area (Å²) in [5, 5.41) is 9.63. The van der Waals surface area contributed by atoms with Crippen LogP contribution in [0.5, 0.6) is 5.75 Å². The number of ether oxygens (including phenoxy) is 1. The minimum absolute atomic E-state index is 0.00400. The fourth-order valence-corrected chi connectivity index (χ4v) is 1.76. The largest absolute Gasteiger partial charge is 0.434 e. The van der Waals surface area contributed by atoms with Crippen LogP contribution in [0.15, 0.2) is 40.4 Å². The van der Waals surface area contributed by atoms with Gasteiger partial charge in [-0.3, -0.25) is 10.2 Å². The van der Waals surface area contributed by atoms with E-state index in [1.807, 2.05) is 0 Å². The van der Waals surface area contributed by atoms with Crippen LogP contribution in [0.1, 0.15) is 12.5 Å². The highest BCUT2D eigenvalue weighted by atomic mass is 35.5. The minimum atomic E-state index is -2.94. The Bertz CT molecular complexity index is 749. The molecule has 0 radical (unpaired) electrons. The number of aromatic amines is 1. The van der Waals surface area contributed by atoms with E-state index in [-0.39, 0.29) is 16.5 Å². The van der Waals surface area contributed by atoms with Gasteiger partial charge in [0.25, 0.3) is 5.56 Å². The lowest BCUT2D eigenvalue weighted by Crippen LogP contribution is -2.11. The third-order valence-electron chi connectivity index (χ3n) is 2.63. The Labute approximate surface area is 128 Å². The van der Waals surface area contributed by atoms with Crippen molar-refractivity contribution in [3.05, 3.63) is 51.4 Å². The second-order valence-corrected chi connectivity index (χ2v) is 4.49. The Kier molecular flexibility index (Phi) is 5.05. The molecule has 0 aliphatic rings. The van der Waals surface area contributed by atoms with E-state index in [0.717, 1.165) is 0 Å². The molecule has 0 bridgehead atoms. The molecule has 0 aliphatic heterocycles. The lowest BCUT2D eigenvalue weighted by Gasteiger charge is -2.10. The molecule has 0 atom stereocenters. The summed E-state index contributed by atoms with van der Waals surface area (Å²) in [5.41, 5.74) is 2.93. The van der Waals surface area contributed by atoms with Crippen LogP contribution in [0.25, 0.3) is 0 Å². The number of rotatable bonds is 5. The average Bonchev–Trinajstić information content (AvgIpc) is 2.48. The van der Waals surface area contributed by atoms with Gasteiger partial charge in [0, 0.05) is 5.56 Å². The zero-order chi connectivity index (χ0) is 16.1. The van der Waals surface area contributed by atoms with Gasteiger partial charge in [-0.1, -0.05) is 23.7 Å². The molecule has 0 aliphatic carbocycles. The molecule has 0 saturated heterocycles. The molecule has 6 nitrogen and oxygen atoms in total. The first kappa shape index (κ1) is 15.9. The third-order valence-corrected chi connectivity index (χ3v) is 3.01. The van der Waals surface area contributed by atoms with E-state index >= 15 is 0 Å². The van der Waals surface area contributed by atoms with E-state index in [4.69, 9.17) is 11.6 Å². The van der Waals surface area contributed by atoms with E-state index in [2.05, 4.69) is 25.5 Å². The Balaban J connectivity index is 2.26. The van der Waals surface area contributed by atoms with Gasteiger partial charge in [0.1, 0.15) is 16.5 Å². The number of hydrogen-bond donors (Lipinski definition) is 2. The van der Waals surface area contributed by atoms with E-state index < -0.39 is 12.2 Å². The van der Waals surface area contributed by atoms with Crippen LogP contribution < -0.4 is 15.7 Å². The van der Waals surface area contributed by atoms with Crippen LogP contribution >= 0.6 is 11.6 Å². The molecule has 0 amide bonds. The molecular weight excluding hydrogens is 318 g/mol. The highest BCUT2D eigenvalue weighted by Crippen LogP contribution is 2.21. The molecule has 0 unspecified atom stereocenters. The van der Waals surface area contributed by atoms with E-state index in [1.54, 1.807) is 25.1 Å². The molecule has 2 aromatic rings. The Hall–Kier alpha value is -2.48. The number of benzene rings is 1. The molecule has 1 heterocycles. The summed E-state index contributed by atoms with van der Waals surface area (Å²) in [6.45, 7) is -1.34. The van der Waals surface area contributed by atoms with Crippen molar-refractivity contribution in [3.63, 3.8) is 0 Å². The number of para-hydroxylation sites is 1. The van der Waals surface area contributed by atoms with Gasteiger partial charge in [-0.25, -0.2) is 5.10 Å². The van der Waals surface area contributed by atoms with Crippen molar-refractivity contribution in [3.8, 4) is 5.75 Å². The molecule has 116 valence electrons. The number of nitrogens with zero attached hydrogens (tertiary/aromatic N) is 2. The Morgan fingerprint density at radius 1 is 1.45 bits per heavy atom. The normalized spacial score (nSPS) is 11.6. The molecule has 22 heavy (non-hydrogen) atoms. The molecule has 2 rings (SSSR count). The molecule has 1 aromatic carbocycles. The Morgan fingerprint density at radius 3 is 2.91 bits per heavy atom. The first-order valence-corrected chi connectivity index (χ1v) is 6.44. The van der Waals surface area contributed by atoms with Crippen LogP contribution in [0.2, 0.25) is 5.02 Å².